The first-order chi connectivity index (χ1) is 17.4. The number of hydrogen-bond acceptors (Lipinski definition) is 3. The predicted octanol–water partition coefficient (Wildman–Crippen LogP) is 7.24. The maximum Gasteiger partial charge on any atom is 0.416 e. The number of nitrogens with zero attached hydrogens (tertiary/aromatic N) is 4. The van der Waals surface area contributed by atoms with Gasteiger partial charge in [-0.1, -0.05) is 41.4 Å². The molecule has 2 N–H and O–H groups in total. The Hall–Kier alpha value is -3.08. The van der Waals surface area contributed by atoms with Crippen molar-refractivity contribution in [3.8, 4) is 0 Å². The smallest absolute Gasteiger partial charge is 0.329 e. The molecule has 6 nitrogen and oxygen atoms in total. The van der Waals surface area contributed by atoms with E-state index in [4.69, 9.17) is 35.4 Å². The number of aromatic nitrogens is 4. The summed E-state index contributed by atoms with van der Waals surface area (Å²) in [6, 6.07) is 12.4. The highest BCUT2D eigenvalue weighted by Crippen LogP contribution is 2.30. The first-order valence-corrected chi connectivity index (χ1v) is 12.3. The van der Waals surface area contributed by atoms with Crippen LogP contribution in [0.25, 0.3) is 0 Å². The molecule has 0 aliphatic rings. The summed E-state index contributed by atoms with van der Waals surface area (Å²) in [5, 5.41) is 16.5. The van der Waals surface area contributed by atoms with E-state index in [1.807, 2.05) is 31.5 Å². The Balaban J connectivity index is 1.43. The van der Waals surface area contributed by atoms with Crippen LogP contribution in [0.2, 0.25) is 10.0 Å². The third-order valence-electron chi connectivity index (χ3n) is 5.75. The van der Waals surface area contributed by atoms with Crippen molar-refractivity contribution in [2.45, 2.75) is 40.0 Å². The van der Waals surface area contributed by atoms with Gasteiger partial charge in [-0.2, -0.15) is 23.4 Å². The van der Waals surface area contributed by atoms with Crippen molar-refractivity contribution in [3.05, 3.63) is 92.3 Å². The predicted molar refractivity (Wildman–Crippen MR) is 145 cm³/mol. The zero-order valence-corrected chi connectivity index (χ0v) is 22.4. The summed E-state index contributed by atoms with van der Waals surface area (Å²) >= 11 is 17.6. The van der Waals surface area contributed by atoms with Crippen LogP contribution in [0.3, 0.4) is 0 Å². The van der Waals surface area contributed by atoms with Gasteiger partial charge in [-0.25, -0.2) is 0 Å². The van der Waals surface area contributed by atoms with Gasteiger partial charge in [-0.15, -0.1) is 0 Å². The molecule has 0 spiro atoms. The first-order valence-electron chi connectivity index (χ1n) is 11.2. The number of hydrogen-bond donors (Lipinski definition) is 2. The Morgan fingerprint density at radius 2 is 1.59 bits per heavy atom. The van der Waals surface area contributed by atoms with Gasteiger partial charge in [-0.05, 0) is 68.4 Å². The second kappa shape index (κ2) is 10.7. The molecule has 2 aromatic heterocycles. The molecule has 0 amide bonds. The highest BCUT2D eigenvalue weighted by Gasteiger charge is 2.30. The highest BCUT2D eigenvalue weighted by atomic mass is 35.5. The SMILES string of the molecule is Cc1nn(Cc2ccc(Cl)c(Cl)c2)c(C)c1NC(=S)Nc1cc(C)n(Cc2cccc(C(F)(F)F)c2)n1. The summed E-state index contributed by atoms with van der Waals surface area (Å²) in [7, 11) is 0. The van der Waals surface area contributed by atoms with Crippen LogP contribution in [0.4, 0.5) is 24.7 Å². The van der Waals surface area contributed by atoms with Crippen molar-refractivity contribution >= 4 is 52.0 Å². The van der Waals surface area contributed by atoms with Crippen LogP contribution in [0, 0.1) is 20.8 Å². The minimum atomic E-state index is -4.40. The fourth-order valence-electron chi connectivity index (χ4n) is 3.85. The minimum absolute atomic E-state index is 0.192. The van der Waals surface area contributed by atoms with Crippen LogP contribution in [-0.2, 0) is 19.3 Å². The van der Waals surface area contributed by atoms with E-state index in [2.05, 4.69) is 20.8 Å². The van der Waals surface area contributed by atoms with Crippen molar-refractivity contribution in [2.75, 3.05) is 10.6 Å². The van der Waals surface area contributed by atoms with E-state index < -0.39 is 11.7 Å². The number of nitrogens with one attached hydrogen (secondary N) is 2. The van der Waals surface area contributed by atoms with Gasteiger partial charge in [0.1, 0.15) is 0 Å². The molecule has 0 atom stereocenters. The van der Waals surface area contributed by atoms with Gasteiger partial charge < -0.3 is 10.6 Å². The van der Waals surface area contributed by atoms with Gasteiger partial charge in [0.15, 0.2) is 10.9 Å². The van der Waals surface area contributed by atoms with E-state index in [9.17, 15) is 13.2 Å². The van der Waals surface area contributed by atoms with Crippen LogP contribution in [0.15, 0.2) is 48.5 Å². The molecule has 0 saturated heterocycles. The Kier molecular flexibility index (Phi) is 7.82. The van der Waals surface area contributed by atoms with Crippen LogP contribution in [0.5, 0.6) is 0 Å². The molecule has 2 aromatic carbocycles. The average molecular weight is 567 g/mol. The third-order valence-corrected chi connectivity index (χ3v) is 6.69. The zero-order chi connectivity index (χ0) is 26.9. The van der Waals surface area contributed by atoms with E-state index in [1.165, 1.54) is 6.07 Å². The molecular weight excluding hydrogens is 544 g/mol. The second-order valence-electron chi connectivity index (χ2n) is 8.56. The van der Waals surface area contributed by atoms with E-state index in [0.717, 1.165) is 40.5 Å². The lowest BCUT2D eigenvalue weighted by atomic mass is 10.1. The maximum absolute atomic E-state index is 13.0. The second-order valence-corrected chi connectivity index (χ2v) is 9.78. The molecule has 4 rings (SSSR count). The number of benzene rings is 2. The topological polar surface area (TPSA) is 59.7 Å². The van der Waals surface area contributed by atoms with Gasteiger partial charge in [0.25, 0.3) is 0 Å². The lowest BCUT2D eigenvalue weighted by Crippen LogP contribution is -2.20. The fraction of sp³-hybridized carbons (Fsp3) is 0.240. The summed E-state index contributed by atoms with van der Waals surface area (Å²) in [5.41, 5.74) is 3.92. The van der Waals surface area contributed by atoms with Crippen LogP contribution >= 0.6 is 35.4 Å². The third kappa shape index (κ3) is 6.44. The van der Waals surface area contributed by atoms with E-state index in [1.54, 1.807) is 28.9 Å². The standard InChI is InChI=1S/C25H23Cl2F3N6S/c1-14-9-22(34-35(14)12-17-5-4-6-19(10-17)25(28,29)30)31-24(37)32-23-15(2)33-36(16(23)3)13-18-7-8-20(26)21(27)11-18/h4-11H,12-13H2,1-3H3,(H2,31,32,34,37). The van der Waals surface area contributed by atoms with Gasteiger partial charge in [0.2, 0.25) is 0 Å². The summed E-state index contributed by atoms with van der Waals surface area (Å²) in [6.07, 6.45) is -4.40. The number of anilines is 2. The minimum Gasteiger partial charge on any atom is -0.329 e. The van der Waals surface area contributed by atoms with Crippen LogP contribution < -0.4 is 10.6 Å². The normalized spacial score (nSPS) is 11.6. The number of rotatable bonds is 6. The van der Waals surface area contributed by atoms with E-state index in [0.29, 0.717) is 33.1 Å². The number of halogens is 5. The molecule has 37 heavy (non-hydrogen) atoms. The Morgan fingerprint density at radius 1 is 0.892 bits per heavy atom. The molecule has 0 fully saturated rings. The number of alkyl halides is 3. The molecule has 2 heterocycles. The lowest BCUT2D eigenvalue weighted by molar-refractivity contribution is -0.137. The van der Waals surface area contributed by atoms with Gasteiger partial charge in [0.05, 0.1) is 45.8 Å². The molecule has 0 aliphatic carbocycles. The van der Waals surface area contributed by atoms with Crippen molar-refractivity contribution in [3.63, 3.8) is 0 Å². The van der Waals surface area contributed by atoms with Gasteiger partial charge in [-0.3, -0.25) is 9.36 Å². The van der Waals surface area contributed by atoms with Gasteiger partial charge in [0, 0.05) is 11.8 Å². The highest BCUT2D eigenvalue weighted by molar-refractivity contribution is 7.80. The molecule has 0 bridgehead atoms. The van der Waals surface area contributed by atoms with Crippen molar-refractivity contribution < 1.29 is 13.2 Å². The first kappa shape index (κ1) is 27.0. The zero-order valence-electron chi connectivity index (χ0n) is 20.1. The van der Waals surface area contributed by atoms with Gasteiger partial charge >= 0.3 is 6.18 Å². The quantitative estimate of drug-likeness (QED) is 0.241. The summed E-state index contributed by atoms with van der Waals surface area (Å²) in [6.45, 7) is 6.32. The average Bonchev–Trinajstić information content (AvgIpc) is 3.28. The maximum atomic E-state index is 13.0. The Bertz CT molecular complexity index is 1460. The molecule has 0 radical (unpaired) electrons. The molecule has 0 unspecified atom stereocenters. The number of thiocarbonyl (C=S) groups is 1. The lowest BCUT2D eigenvalue weighted by Gasteiger charge is -2.10. The van der Waals surface area contributed by atoms with E-state index >= 15 is 0 Å². The number of aryl methyl sites for hydroxylation is 2. The van der Waals surface area contributed by atoms with Crippen LogP contribution in [-0.4, -0.2) is 24.7 Å². The van der Waals surface area contributed by atoms with Crippen molar-refractivity contribution in [2.24, 2.45) is 0 Å². The molecule has 0 aliphatic heterocycles. The van der Waals surface area contributed by atoms with Crippen LogP contribution in [0.1, 0.15) is 33.8 Å². The summed E-state index contributed by atoms with van der Waals surface area (Å²) < 4.78 is 42.6. The largest absolute Gasteiger partial charge is 0.416 e. The van der Waals surface area contributed by atoms with E-state index in [-0.39, 0.29) is 6.54 Å². The summed E-state index contributed by atoms with van der Waals surface area (Å²) in [5.74, 6) is 0.473. The summed E-state index contributed by atoms with van der Waals surface area (Å²) in [4.78, 5) is 0. The van der Waals surface area contributed by atoms with Crippen molar-refractivity contribution in [1.29, 1.82) is 0 Å². The Morgan fingerprint density at radius 3 is 2.30 bits per heavy atom. The molecule has 0 saturated carbocycles. The fourth-order valence-corrected chi connectivity index (χ4v) is 4.38. The molecule has 12 heteroatoms. The molecular formula is C25H23Cl2F3N6S. The van der Waals surface area contributed by atoms with Crippen molar-refractivity contribution in [1.82, 2.24) is 19.6 Å². The monoisotopic (exact) mass is 566 g/mol. The molecule has 4 aromatic rings. The Labute approximate surface area is 227 Å². The molecule has 194 valence electrons.